The van der Waals surface area contributed by atoms with Crippen LogP contribution in [-0.4, -0.2) is 12.2 Å². The third kappa shape index (κ3) is 2.38. The van der Waals surface area contributed by atoms with Crippen LogP contribution in [0.15, 0.2) is 11.6 Å². The molecule has 0 spiro atoms. The van der Waals surface area contributed by atoms with Crippen LogP contribution in [0, 0.1) is 36.5 Å². The maximum Gasteiger partial charge on any atom is 0.130 e. The Labute approximate surface area is 100.0 Å². The highest BCUT2D eigenvalue weighted by Crippen LogP contribution is 2.34. The molecule has 1 aromatic carbocycles. The summed E-state index contributed by atoms with van der Waals surface area (Å²) in [6.07, 6.45) is 1.36. The summed E-state index contributed by atoms with van der Waals surface area (Å²) in [4.78, 5) is 0. The van der Waals surface area contributed by atoms with Gasteiger partial charge in [0.25, 0.3) is 0 Å². The highest BCUT2D eigenvalue weighted by atomic mass is 16.5. The van der Waals surface area contributed by atoms with Crippen LogP contribution in [0.4, 0.5) is 0 Å². The minimum absolute atomic E-state index is 0.0592. The van der Waals surface area contributed by atoms with Crippen LogP contribution < -0.4 is 4.74 Å². The number of rotatable bonds is 2. The van der Waals surface area contributed by atoms with E-state index in [0.29, 0.717) is 22.4 Å². The van der Waals surface area contributed by atoms with Gasteiger partial charge in [0.05, 0.1) is 7.11 Å². The number of phenols is 1. The van der Waals surface area contributed by atoms with Crippen molar-refractivity contribution in [3.8, 4) is 23.6 Å². The summed E-state index contributed by atoms with van der Waals surface area (Å²) in [5.74, 6) is 0.674. The Bertz CT molecular complexity index is 544. The summed E-state index contributed by atoms with van der Waals surface area (Å²) in [6, 6.07) is 5.23. The molecule has 17 heavy (non-hydrogen) atoms. The second-order valence-electron chi connectivity index (χ2n) is 3.56. The molecule has 0 saturated heterocycles. The number of nitrogens with zero attached hydrogens (tertiary/aromatic N) is 2. The van der Waals surface area contributed by atoms with E-state index in [2.05, 4.69) is 0 Å². The molecule has 1 rings (SSSR count). The molecule has 0 amide bonds. The normalized spacial score (nSPS) is 9.00. The molecule has 0 atom stereocenters. The molecule has 86 valence electrons. The molecule has 0 aromatic heterocycles. The van der Waals surface area contributed by atoms with Crippen molar-refractivity contribution in [1.29, 1.82) is 10.5 Å². The third-order valence-electron chi connectivity index (χ3n) is 2.50. The fourth-order valence-electron chi connectivity index (χ4n) is 1.52. The SMILES string of the molecule is COc1cc(C)c(O)c(C=C(C#N)C#N)c1C. The van der Waals surface area contributed by atoms with Crippen molar-refractivity contribution >= 4 is 6.08 Å². The van der Waals surface area contributed by atoms with Crippen LogP contribution in [0.25, 0.3) is 6.08 Å². The molecular weight excluding hydrogens is 216 g/mol. The van der Waals surface area contributed by atoms with Crippen molar-refractivity contribution in [3.63, 3.8) is 0 Å². The van der Waals surface area contributed by atoms with Crippen molar-refractivity contribution in [2.24, 2.45) is 0 Å². The first-order valence-corrected chi connectivity index (χ1v) is 4.94. The maximum absolute atomic E-state index is 9.92. The molecule has 0 bridgehead atoms. The van der Waals surface area contributed by atoms with E-state index in [4.69, 9.17) is 15.3 Å². The van der Waals surface area contributed by atoms with Gasteiger partial charge >= 0.3 is 0 Å². The molecule has 4 heteroatoms. The van der Waals surface area contributed by atoms with E-state index in [-0.39, 0.29) is 11.3 Å². The second-order valence-corrected chi connectivity index (χ2v) is 3.56. The number of aromatic hydroxyl groups is 1. The minimum Gasteiger partial charge on any atom is -0.507 e. The number of hydrogen-bond donors (Lipinski definition) is 1. The van der Waals surface area contributed by atoms with Gasteiger partial charge in [0.1, 0.15) is 29.2 Å². The number of nitriles is 2. The Hall–Kier alpha value is -2.46. The number of aryl methyl sites for hydroxylation is 1. The highest BCUT2D eigenvalue weighted by molar-refractivity contribution is 5.71. The Morgan fingerprint density at radius 1 is 1.35 bits per heavy atom. The van der Waals surface area contributed by atoms with E-state index >= 15 is 0 Å². The zero-order valence-electron chi connectivity index (χ0n) is 9.90. The number of ether oxygens (including phenoxy) is 1. The summed E-state index contributed by atoms with van der Waals surface area (Å²) in [5, 5.41) is 27.3. The van der Waals surface area contributed by atoms with E-state index < -0.39 is 0 Å². The number of methoxy groups -OCH3 is 1. The van der Waals surface area contributed by atoms with Crippen molar-refractivity contribution in [2.45, 2.75) is 13.8 Å². The summed E-state index contributed by atoms with van der Waals surface area (Å²) in [6.45, 7) is 3.49. The van der Waals surface area contributed by atoms with Gasteiger partial charge in [-0.15, -0.1) is 0 Å². The topological polar surface area (TPSA) is 77.0 Å². The zero-order valence-corrected chi connectivity index (χ0v) is 9.90. The average Bonchev–Trinajstić information content (AvgIpc) is 2.34. The molecule has 0 unspecified atom stereocenters. The molecule has 0 fully saturated rings. The smallest absolute Gasteiger partial charge is 0.130 e. The van der Waals surface area contributed by atoms with Gasteiger partial charge in [0, 0.05) is 11.1 Å². The number of hydrogen-bond acceptors (Lipinski definition) is 4. The standard InChI is InChI=1S/C13H12N2O2/c1-8-4-12(17-3)9(2)11(13(8)16)5-10(6-14)7-15/h4-5,16H,1-3H3. The highest BCUT2D eigenvalue weighted by Gasteiger charge is 2.12. The molecule has 0 aliphatic carbocycles. The first-order chi connectivity index (χ1) is 8.04. The lowest BCUT2D eigenvalue weighted by Crippen LogP contribution is -1.93. The van der Waals surface area contributed by atoms with Crippen LogP contribution in [0.2, 0.25) is 0 Å². The van der Waals surface area contributed by atoms with E-state index in [1.165, 1.54) is 13.2 Å². The molecule has 1 N–H and O–H groups in total. The maximum atomic E-state index is 9.92. The molecule has 0 radical (unpaired) electrons. The lowest BCUT2D eigenvalue weighted by Gasteiger charge is -2.12. The third-order valence-corrected chi connectivity index (χ3v) is 2.50. The van der Waals surface area contributed by atoms with Crippen molar-refractivity contribution in [2.75, 3.05) is 7.11 Å². The predicted molar refractivity (Wildman–Crippen MR) is 63.3 cm³/mol. The summed E-state index contributed by atoms with van der Waals surface area (Å²) >= 11 is 0. The van der Waals surface area contributed by atoms with Gasteiger partial charge in [0.2, 0.25) is 0 Å². The zero-order chi connectivity index (χ0) is 13.0. The number of allylic oxidation sites excluding steroid dienone is 1. The van der Waals surface area contributed by atoms with Crippen LogP contribution >= 0.6 is 0 Å². The Kier molecular flexibility index (Phi) is 3.74. The average molecular weight is 228 g/mol. The first-order valence-electron chi connectivity index (χ1n) is 4.94. The molecule has 0 heterocycles. The van der Waals surface area contributed by atoms with Gasteiger partial charge in [-0.3, -0.25) is 0 Å². The van der Waals surface area contributed by atoms with Gasteiger partial charge in [-0.25, -0.2) is 0 Å². The predicted octanol–water partition coefficient (Wildman–Crippen LogP) is 2.45. The first kappa shape index (κ1) is 12.6. The van der Waals surface area contributed by atoms with E-state index in [1.807, 2.05) is 0 Å². The van der Waals surface area contributed by atoms with Crippen molar-refractivity contribution in [1.82, 2.24) is 0 Å². The summed E-state index contributed by atoms with van der Waals surface area (Å²) in [5.41, 5.74) is 1.71. The van der Waals surface area contributed by atoms with E-state index in [1.54, 1.807) is 32.1 Å². The summed E-state index contributed by atoms with van der Waals surface area (Å²) < 4.78 is 5.16. The van der Waals surface area contributed by atoms with Crippen LogP contribution in [0.3, 0.4) is 0 Å². The van der Waals surface area contributed by atoms with Gasteiger partial charge < -0.3 is 9.84 Å². The number of phenolic OH excluding ortho intramolecular Hbond substituents is 1. The largest absolute Gasteiger partial charge is 0.507 e. The van der Waals surface area contributed by atoms with Crippen LogP contribution in [0.1, 0.15) is 16.7 Å². The van der Waals surface area contributed by atoms with Crippen molar-refractivity contribution < 1.29 is 9.84 Å². The number of benzene rings is 1. The summed E-state index contributed by atoms with van der Waals surface area (Å²) in [7, 11) is 1.53. The Morgan fingerprint density at radius 2 is 1.94 bits per heavy atom. The lowest BCUT2D eigenvalue weighted by atomic mass is 10.0. The van der Waals surface area contributed by atoms with Gasteiger partial charge in [0.15, 0.2) is 0 Å². The van der Waals surface area contributed by atoms with Crippen LogP contribution in [0.5, 0.6) is 11.5 Å². The quantitative estimate of drug-likeness (QED) is 0.788. The van der Waals surface area contributed by atoms with Gasteiger partial charge in [-0.1, -0.05) is 0 Å². The van der Waals surface area contributed by atoms with E-state index in [9.17, 15) is 5.11 Å². The molecule has 0 aliphatic heterocycles. The van der Waals surface area contributed by atoms with E-state index in [0.717, 1.165) is 0 Å². The molecule has 1 aromatic rings. The molecule has 0 aliphatic rings. The monoisotopic (exact) mass is 228 g/mol. The van der Waals surface area contributed by atoms with Gasteiger partial charge in [-0.2, -0.15) is 10.5 Å². The second kappa shape index (κ2) is 5.05. The fraction of sp³-hybridized carbons (Fsp3) is 0.231. The molecule has 4 nitrogen and oxygen atoms in total. The lowest BCUT2D eigenvalue weighted by molar-refractivity contribution is 0.407. The minimum atomic E-state index is -0.0592. The fourth-order valence-corrected chi connectivity index (χ4v) is 1.52. The molecular formula is C13H12N2O2. The van der Waals surface area contributed by atoms with Crippen LogP contribution in [-0.2, 0) is 0 Å². The molecule has 0 saturated carbocycles. The Morgan fingerprint density at radius 3 is 2.41 bits per heavy atom. The van der Waals surface area contributed by atoms with Gasteiger partial charge in [-0.05, 0) is 31.6 Å². The Balaban J connectivity index is 3.54. The van der Waals surface area contributed by atoms with Crippen molar-refractivity contribution in [3.05, 3.63) is 28.3 Å².